The Hall–Kier alpha value is -2.33. The van der Waals surface area contributed by atoms with Gasteiger partial charge in [-0.1, -0.05) is 6.07 Å². The zero-order valence-electron chi connectivity index (χ0n) is 15.6. The number of benzene rings is 1. The van der Waals surface area contributed by atoms with Gasteiger partial charge >= 0.3 is 5.97 Å². The summed E-state index contributed by atoms with van der Waals surface area (Å²) in [4.78, 5) is 20.5. The standard InChI is InChI=1S/C12H19NO4S.C5H7NO3/c1-4-17-12-7-9(5-6-11(12)16-2)10(13)8-18(3,14)15;7-4-2-1-3(6-4)5(8)9/h5-7,10H,4,8,13H2,1-3H3;3H,1-2H2,(H,6,7)(H,8,9). The van der Waals surface area contributed by atoms with Gasteiger partial charge in [0.25, 0.3) is 0 Å². The predicted octanol–water partition coefficient (Wildman–Crippen LogP) is 0.488. The minimum Gasteiger partial charge on any atom is -0.493 e. The van der Waals surface area contributed by atoms with Crippen LogP contribution in [0.4, 0.5) is 0 Å². The Kier molecular flexibility index (Phi) is 8.51. The van der Waals surface area contributed by atoms with Gasteiger partial charge < -0.3 is 25.6 Å². The Labute approximate surface area is 158 Å². The fourth-order valence-electron chi connectivity index (χ4n) is 2.41. The molecule has 1 saturated heterocycles. The number of carbonyl (C=O) groups excluding carboxylic acids is 1. The third-order valence-electron chi connectivity index (χ3n) is 3.69. The number of amides is 1. The molecule has 0 bridgehead atoms. The zero-order chi connectivity index (χ0) is 20.6. The molecule has 1 aliphatic heterocycles. The van der Waals surface area contributed by atoms with Crippen molar-refractivity contribution in [2.45, 2.75) is 31.8 Å². The minimum atomic E-state index is -3.11. The molecule has 1 aliphatic rings. The second kappa shape index (κ2) is 10.1. The normalized spacial score (nSPS) is 17.3. The van der Waals surface area contributed by atoms with Gasteiger partial charge in [-0.15, -0.1) is 0 Å². The number of nitrogens with two attached hydrogens (primary N) is 1. The molecule has 0 aromatic heterocycles. The maximum atomic E-state index is 11.2. The van der Waals surface area contributed by atoms with E-state index < -0.39 is 27.9 Å². The van der Waals surface area contributed by atoms with E-state index in [0.29, 0.717) is 36.5 Å². The van der Waals surface area contributed by atoms with Crippen molar-refractivity contribution in [2.24, 2.45) is 5.73 Å². The Morgan fingerprint density at radius 2 is 2.07 bits per heavy atom. The fourth-order valence-corrected chi connectivity index (χ4v) is 3.26. The van der Waals surface area contributed by atoms with E-state index in [0.717, 1.165) is 0 Å². The molecule has 0 spiro atoms. The molecule has 1 fully saturated rings. The topological polar surface area (TPSA) is 145 Å². The van der Waals surface area contributed by atoms with Gasteiger partial charge in [0.2, 0.25) is 5.91 Å². The highest BCUT2D eigenvalue weighted by Gasteiger charge is 2.26. The van der Waals surface area contributed by atoms with Crippen molar-refractivity contribution in [3.63, 3.8) is 0 Å². The molecule has 2 unspecified atom stereocenters. The number of methoxy groups -OCH3 is 1. The Morgan fingerprint density at radius 3 is 2.48 bits per heavy atom. The number of carbonyl (C=O) groups is 2. The summed E-state index contributed by atoms with van der Waals surface area (Å²) >= 11 is 0. The molecule has 1 aromatic rings. The van der Waals surface area contributed by atoms with E-state index in [1.54, 1.807) is 25.3 Å². The summed E-state index contributed by atoms with van der Waals surface area (Å²) in [7, 11) is -1.56. The first-order valence-corrected chi connectivity index (χ1v) is 10.4. The van der Waals surface area contributed by atoms with E-state index in [2.05, 4.69) is 5.32 Å². The van der Waals surface area contributed by atoms with Crippen LogP contribution in [0, 0.1) is 0 Å². The summed E-state index contributed by atoms with van der Waals surface area (Å²) in [6, 6.07) is 3.99. The van der Waals surface area contributed by atoms with Crippen LogP contribution >= 0.6 is 0 Å². The molecular weight excluding hydrogens is 376 g/mol. The second-order valence-electron chi connectivity index (χ2n) is 6.04. The Morgan fingerprint density at radius 1 is 1.41 bits per heavy atom. The van der Waals surface area contributed by atoms with Crippen LogP contribution in [0.1, 0.15) is 31.4 Å². The monoisotopic (exact) mass is 402 g/mol. The van der Waals surface area contributed by atoms with Crippen molar-refractivity contribution >= 4 is 21.7 Å². The van der Waals surface area contributed by atoms with E-state index >= 15 is 0 Å². The molecule has 1 aromatic carbocycles. The number of carboxylic acid groups (broad SMARTS) is 1. The summed E-state index contributed by atoms with van der Waals surface area (Å²) < 4.78 is 33.0. The molecule has 0 aliphatic carbocycles. The van der Waals surface area contributed by atoms with Crippen LogP contribution in [-0.4, -0.2) is 57.2 Å². The molecule has 1 amide bonds. The second-order valence-corrected chi connectivity index (χ2v) is 8.22. The van der Waals surface area contributed by atoms with Crippen LogP contribution in [0.15, 0.2) is 18.2 Å². The molecule has 0 radical (unpaired) electrons. The number of rotatable bonds is 7. The van der Waals surface area contributed by atoms with Gasteiger partial charge in [-0.3, -0.25) is 4.79 Å². The molecule has 2 atom stereocenters. The van der Waals surface area contributed by atoms with Gasteiger partial charge in [0, 0.05) is 18.7 Å². The van der Waals surface area contributed by atoms with Gasteiger partial charge in [0.05, 0.1) is 19.5 Å². The van der Waals surface area contributed by atoms with Crippen molar-refractivity contribution < 1.29 is 32.6 Å². The van der Waals surface area contributed by atoms with Crippen LogP contribution in [0.5, 0.6) is 11.5 Å². The van der Waals surface area contributed by atoms with E-state index in [1.807, 2.05) is 6.92 Å². The molecule has 4 N–H and O–H groups in total. The lowest BCUT2D eigenvalue weighted by atomic mass is 10.1. The van der Waals surface area contributed by atoms with Crippen molar-refractivity contribution in [1.82, 2.24) is 5.32 Å². The van der Waals surface area contributed by atoms with Crippen LogP contribution < -0.4 is 20.5 Å². The number of nitrogens with one attached hydrogen (secondary N) is 1. The van der Waals surface area contributed by atoms with Gasteiger partial charge in [-0.2, -0.15) is 0 Å². The molecule has 9 nitrogen and oxygen atoms in total. The van der Waals surface area contributed by atoms with E-state index in [9.17, 15) is 18.0 Å². The number of carboxylic acids is 1. The summed E-state index contributed by atoms with van der Waals surface area (Å²) in [5, 5.41) is 10.6. The molecule has 2 rings (SSSR count). The molecule has 27 heavy (non-hydrogen) atoms. The largest absolute Gasteiger partial charge is 0.493 e. The third kappa shape index (κ3) is 7.83. The molecular formula is C17H26N2O7S. The van der Waals surface area contributed by atoms with Crippen LogP contribution in [0.25, 0.3) is 0 Å². The quantitative estimate of drug-likeness (QED) is 0.597. The van der Waals surface area contributed by atoms with Crippen LogP contribution in [-0.2, 0) is 19.4 Å². The maximum absolute atomic E-state index is 11.2. The van der Waals surface area contributed by atoms with Crippen molar-refractivity contribution in [3.05, 3.63) is 23.8 Å². The first-order chi connectivity index (χ1) is 12.6. The predicted molar refractivity (Wildman–Crippen MR) is 99.6 cm³/mol. The smallest absolute Gasteiger partial charge is 0.326 e. The van der Waals surface area contributed by atoms with E-state index in [-0.39, 0.29) is 11.7 Å². The van der Waals surface area contributed by atoms with Gasteiger partial charge in [-0.25, -0.2) is 13.2 Å². The van der Waals surface area contributed by atoms with Crippen molar-refractivity contribution in [1.29, 1.82) is 0 Å². The molecule has 152 valence electrons. The highest BCUT2D eigenvalue weighted by Crippen LogP contribution is 2.30. The molecule has 10 heteroatoms. The van der Waals surface area contributed by atoms with Gasteiger partial charge in [0.15, 0.2) is 11.5 Å². The Bertz CT molecular complexity index is 765. The molecule has 0 saturated carbocycles. The number of ether oxygens (including phenoxy) is 2. The maximum Gasteiger partial charge on any atom is 0.326 e. The van der Waals surface area contributed by atoms with Gasteiger partial charge in [-0.05, 0) is 31.0 Å². The van der Waals surface area contributed by atoms with Crippen LogP contribution in [0.2, 0.25) is 0 Å². The average Bonchev–Trinajstić information content (AvgIpc) is 3.01. The SMILES string of the molecule is CCOc1cc(C(N)CS(C)(=O)=O)ccc1OC.O=C1CCC(C(=O)O)N1. The summed E-state index contributed by atoms with van der Waals surface area (Å²) in [5.74, 6) is -0.0258. The van der Waals surface area contributed by atoms with Crippen molar-refractivity contribution in [2.75, 3.05) is 25.7 Å². The first-order valence-electron chi connectivity index (χ1n) is 8.33. The number of hydrogen-bond donors (Lipinski definition) is 3. The molecule has 1 heterocycles. The Balaban J connectivity index is 0.000000337. The third-order valence-corrected chi connectivity index (χ3v) is 4.66. The number of aliphatic carboxylic acids is 1. The van der Waals surface area contributed by atoms with E-state index in [1.165, 1.54) is 6.26 Å². The fraction of sp³-hybridized carbons (Fsp3) is 0.529. The summed E-state index contributed by atoms with van der Waals surface area (Å²) in [5.41, 5.74) is 6.57. The first kappa shape index (κ1) is 22.7. The summed E-state index contributed by atoms with van der Waals surface area (Å²) in [6.45, 7) is 2.36. The number of hydrogen-bond acceptors (Lipinski definition) is 7. The highest BCUT2D eigenvalue weighted by molar-refractivity contribution is 7.90. The lowest BCUT2D eigenvalue weighted by Gasteiger charge is -2.15. The number of sulfone groups is 1. The average molecular weight is 402 g/mol. The van der Waals surface area contributed by atoms with Crippen LogP contribution in [0.3, 0.4) is 0 Å². The van der Waals surface area contributed by atoms with E-state index in [4.69, 9.17) is 20.3 Å². The summed E-state index contributed by atoms with van der Waals surface area (Å²) in [6.07, 6.45) is 1.94. The lowest BCUT2D eigenvalue weighted by Crippen LogP contribution is -2.32. The highest BCUT2D eigenvalue weighted by atomic mass is 32.2. The lowest BCUT2D eigenvalue weighted by molar-refractivity contribution is -0.140. The zero-order valence-corrected chi connectivity index (χ0v) is 16.4. The van der Waals surface area contributed by atoms with Gasteiger partial charge in [0.1, 0.15) is 15.9 Å². The minimum absolute atomic E-state index is 0.0924. The van der Waals surface area contributed by atoms with Crippen molar-refractivity contribution in [3.8, 4) is 11.5 Å².